The predicted octanol–water partition coefficient (Wildman–Crippen LogP) is 4.36. The third-order valence-corrected chi connectivity index (χ3v) is 4.55. The summed E-state index contributed by atoms with van der Waals surface area (Å²) < 4.78 is 12.1. The van der Waals surface area contributed by atoms with Crippen LogP contribution in [0.2, 0.25) is 0 Å². The summed E-state index contributed by atoms with van der Waals surface area (Å²) in [6.45, 7) is 3.44. The fourth-order valence-electron chi connectivity index (χ4n) is 2.43. The van der Waals surface area contributed by atoms with Gasteiger partial charge < -0.3 is 14.8 Å². The van der Waals surface area contributed by atoms with Crippen LogP contribution in [0.4, 0.5) is 5.13 Å². The van der Waals surface area contributed by atoms with Crippen molar-refractivity contribution in [2.45, 2.75) is 13.3 Å². The van der Waals surface area contributed by atoms with E-state index >= 15 is 0 Å². The molecule has 0 bridgehead atoms. The van der Waals surface area contributed by atoms with E-state index in [1.165, 1.54) is 5.56 Å². The number of methoxy groups -OCH3 is 1. The largest absolute Gasteiger partial charge is 0.495 e. The molecular weight excluding hydrogens is 308 g/mol. The zero-order valence-electron chi connectivity index (χ0n) is 13.3. The van der Waals surface area contributed by atoms with Crippen LogP contribution in [-0.4, -0.2) is 25.2 Å². The SMILES string of the molecule is CCOc1ccc(OC)c2sc(NCCc3ccccc3)nc12. The first kappa shape index (κ1) is 15.6. The number of aromatic nitrogens is 1. The van der Waals surface area contributed by atoms with Gasteiger partial charge in [0.05, 0.1) is 13.7 Å². The number of ether oxygens (including phenoxy) is 2. The second kappa shape index (κ2) is 7.33. The van der Waals surface area contributed by atoms with Crippen LogP contribution in [0.1, 0.15) is 12.5 Å². The van der Waals surface area contributed by atoms with Gasteiger partial charge in [0.25, 0.3) is 0 Å². The standard InChI is InChI=1S/C18H20N2O2S/c1-3-22-14-9-10-15(21-2)17-16(14)20-18(23-17)19-12-11-13-7-5-4-6-8-13/h4-10H,3,11-12H2,1-2H3,(H,19,20). The van der Waals surface area contributed by atoms with Crippen molar-refractivity contribution in [2.75, 3.05) is 25.6 Å². The summed E-state index contributed by atoms with van der Waals surface area (Å²) in [7, 11) is 1.68. The Morgan fingerprint density at radius 2 is 1.87 bits per heavy atom. The zero-order valence-corrected chi connectivity index (χ0v) is 14.2. The molecule has 0 aliphatic carbocycles. The lowest BCUT2D eigenvalue weighted by Gasteiger charge is -2.05. The van der Waals surface area contributed by atoms with Crippen molar-refractivity contribution in [3.63, 3.8) is 0 Å². The summed E-state index contributed by atoms with van der Waals surface area (Å²) in [6, 6.07) is 14.3. The molecule has 1 aromatic heterocycles. The third-order valence-electron chi connectivity index (χ3n) is 3.52. The van der Waals surface area contributed by atoms with Crippen LogP contribution in [0, 0.1) is 0 Å². The van der Waals surface area contributed by atoms with Crippen LogP contribution in [0.5, 0.6) is 11.5 Å². The molecule has 4 nitrogen and oxygen atoms in total. The molecule has 23 heavy (non-hydrogen) atoms. The summed E-state index contributed by atoms with van der Waals surface area (Å²) in [5, 5.41) is 4.29. The lowest BCUT2D eigenvalue weighted by Crippen LogP contribution is -2.04. The van der Waals surface area contributed by atoms with Crippen LogP contribution in [0.15, 0.2) is 42.5 Å². The molecular formula is C18H20N2O2S. The fraction of sp³-hybridized carbons (Fsp3) is 0.278. The van der Waals surface area contributed by atoms with Gasteiger partial charge in [0.1, 0.15) is 21.7 Å². The Labute approximate surface area is 140 Å². The van der Waals surface area contributed by atoms with Crippen LogP contribution in [0.3, 0.4) is 0 Å². The molecule has 2 aromatic carbocycles. The molecule has 0 fully saturated rings. The molecule has 0 unspecified atom stereocenters. The van der Waals surface area contributed by atoms with Crippen molar-refractivity contribution in [3.8, 4) is 11.5 Å². The van der Waals surface area contributed by atoms with Gasteiger partial charge in [-0.3, -0.25) is 0 Å². The first-order valence-corrected chi connectivity index (χ1v) is 8.51. The van der Waals surface area contributed by atoms with E-state index in [4.69, 9.17) is 9.47 Å². The fourth-order valence-corrected chi connectivity index (χ4v) is 3.43. The quantitative estimate of drug-likeness (QED) is 0.700. The minimum atomic E-state index is 0.621. The Hall–Kier alpha value is -2.27. The topological polar surface area (TPSA) is 43.4 Å². The maximum atomic E-state index is 5.67. The van der Waals surface area contributed by atoms with Crippen LogP contribution >= 0.6 is 11.3 Å². The van der Waals surface area contributed by atoms with E-state index in [1.54, 1.807) is 18.4 Å². The second-order valence-electron chi connectivity index (χ2n) is 5.06. The number of thiazole rings is 1. The Balaban J connectivity index is 1.77. The highest BCUT2D eigenvalue weighted by Gasteiger charge is 2.13. The average molecular weight is 328 g/mol. The van der Waals surface area contributed by atoms with Crippen molar-refractivity contribution in [1.82, 2.24) is 4.98 Å². The van der Waals surface area contributed by atoms with Crippen molar-refractivity contribution >= 4 is 26.7 Å². The summed E-state index contributed by atoms with van der Waals surface area (Å²) in [5.41, 5.74) is 2.17. The van der Waals surface area contributed by atoms with E-state index in [9.17, 15) is 0 Å². The molecule has 1 heterocycles. The van der Waals surface area contributed by atoms with E-state index in [0.29, 0.717) is 6.61 Å². The Morgan fingerprint density at radius 3 is 2.61 bits per heavy atom. The van der Waals surface area contributed by atoms with Crippen molar-refractivity contribution in [1.29, 1.82) is 0 Å². The molecule has 0 saturated carbocycles. The van der Waals surface area contributed by atoms with Gasteiger partial charge >= 0.3 is 0 Å². The average Bonchev–Trinajstić information content (AvgIpc) is 3.01. The summed E-state index contributed by atoms with van der Waals surface area (Å²) >= 11 is 1.60. The Morgan fingerprint density at radius 1 is 1.09 bits per heavy atom. The first-order chi connectivity index (χ1) is 11.3. The highest BCUT2D eigenvalue weighted by Crippen LogP contribution is 2.38. The molecule has 0 amide bonds. The number of nitrogens with zero attached hydrogens (tertiary/aromatic N) is 1. The van der Waals surface area contributed by atoms with Crippen LogP contribution in [0.25, 0.3) is 10.2 Å². The van der Waals surface area contributed by atoms with Gasteiger partial charge in [-0.2, -0.15) is 0 Å². The van der Waals surface area contributed by atoms with E-state index < -0.39 is 0 Å². The lowest BCUT2D eigenvalue weighted by molar-refractivity contribution is 0.343. The number of anilines is 1. The molecule has 3 rings (SSSR count). The number of benzene rings is 2. The first-order valence-electron chi connectivity index (χ1n) is 7.70. The molecule has 0 aliphatic rings. The second-order valence-corrected chi connectivity index (χ2v) is 6.06. The van der Waals surface area contributed by atoms with Gasteiger partial charge in [-0.05, 0) is 31.0 Å². The predicted molar refractivity (Wildman–Crippen MR) is 96.0 cm³/mol. The molecule has 1 N–H and O–H groups in total. The number of nitrogens with one attached hydrogen (secondary N) is 1. The van der Waals surface area contributed by atoms with Crippen LogP contribution in [-0.2, 0) is 6.42 Å². The normalized spacial score (nSPS) is 10.7. The molecule has 3 aromatic rings. The van der Waals surface area contributed by atoms with E-state index in [-0.39, 0.29) is 0 Å². The summed E-state index contributed by atoms with van der Waals surface area (Å²) in [5.74, 6) is 1.63. The maximum Gasteiger partial charge on any atom is 0.184 e. The molecule has 0 atom stereocenters. The van der Waals surface area contributed by atoms with Crippen LogP contribution < -0.4 is 14.8 Å². The Bertz CT molecular complexity index is 771. The van der Waals surface area contributed by atoms with E-state index in [2.05, 4.69) is 34.6 Å². The monoisotopic (exact) mass is 328 g/mol. The number of fused-ring (bicyclic) bond motifs is 1. The number of hydrogen-bond donors (Lipinski definition) is 1. The number of hydrogen-bond acceptors (Lipinski definition) is 5. The third kappa shape index (κ3) is 3.56. The number of rotatable bonds is 7. The van der Waals surface area contributed by atoms with Crippen molar-refractivity contribution in [3.05, 3.63) is 48.0 Å². The molecule has 5 heteroatoms. The van der Waals surface area contributed by atoms with Gasteiger partial charge in [0.15, 0.2) is 5.13 Å². The molecule has 0 radical (unpaired) electrons. The van der Waals surface area contributed by atoms with Gasteiger partial charge in [-0.1, -0.05) is 41.7 Å². The van der Waals surface area contributed by atoms with Crippen molar-refractivity contribution < 1.29 is 9.47 Å². The van der Waals surface area contributed by atoms with Crippen molar-refractivity contribution in [2.24, 2.45) is 0 Å². The molecule has 0 aliphatic heterocycles. The highest BCUT2D eigenvalue weighted by atomic mass is 32.1. The van der Waals surface area contributed by atoms with E-state index in [0.717, 1.165) is 39.8 Å². The van der Waals surface area contributed by atoms with Gasteiger partial charge in [0, 0.05) is 6.54 Å². The van der Waals surface area contributed by atoms with E-state index in [1.807, 2.05) is 25.1 Å². The van der Waals surface area contributed by atoms with Gasteiger partial charge in [0.2, 0.25) is 0 Å². The zero-order chi connectivity index (χ0) is 16.1. The molecule has 120 valence electrons. The van der Waals surface area contributed by atoms with Gasteiger partial charge in [-0.25, -0.2) is 4.98 Å². The minimum Gasteiger partial charge on any atom is -0.495 e. The lowest BCUT2D eigenvalue weighted by atomic mass is 10.2. The minimum absolute atomic E-state index is 0.621. The summed E-state index contributed by atoms with van der Waals surface area (Å²) in [4.78, 5) is 4.67. The molecule has 0 saturated heterocycles. The smallest absolute Gasteiger partial charge is 0.184 e. The highest BCUT2D eigenvalue weighted by molar-refractivity contribution is 7.22. The molecule has 0 spiro atoms. The maximum absolute atomic E-state index is 5.67. The Kier molecular flexibility index (Phi) is 4.98. The van der Waals surface area contributed by atoms with Gasteiger partial charge in [-0.15, -0.1) is 0 Å². The summed E-state index contributed by atoms with van der Waals surface area (Å²) in [6.07, 6.45) is 0.965.